The fraction of sp³-hybridized carbons (Fsp3) is 0.0476. The van der Waals surface area contributed by atoms with Crippen LogP contribution in [0.25, 0.3) is 22.6 Å². The smallest absolute Gasteiger partial charge is 0.227 e. The lowest BCUT2D eigenvalue weighted by molar-refractivity contribution is 0.415. The fourth-order valence-electron chi connectivity index (χ4n) is 2.52. The van der Waals surface area contributed by atoms with E-state index in [0.717, 1.165) is 33.7 Å². The number of nitrogens with zero attached hydrogens (tertiary/aromatic N) is 2. The lowest BCUT2D eigenvalue weighted by Crippen LogP contribution is -1.84. The normalized spacial score (nSPS) is 11.2. The number of hydrogen-bond donors (Lipinski definition) is 0. The zero-order chi connectivity index (χ0) is 17.1. The van der Waals surface area contributed by atoms with Gasteiger partial charge >= 0.3 is 0 Å². The summed E-state index contributed by atoms with van der Waals surface area (Å²) >= 11 is 0. The highest BCUT2D eigenvalue weighted by Gasteiger charge is 2.07. The summed E-state index contributed by atoms with van der Waals surface area (Å²) in [6.45, 7) is 0. The van der Waals surface area contributed by atoms with Crippen LogP contribution < -0.4 is 4.74 Å². The molecular weight excluding hydrogens is 312 g/mol. The lowest BCUT2D eigenvalue weighted by Gasteiger charge is -1.99. The highest BCUT2D eigenvalue weighted by molar-refractivity contribution is 5.82. The van der Waals surface area contributed by atoms with Crippen molar-refractivity contribution in [2.75, 3.05) is 7.11 Å². The van der Waals surface area contributed by atoms with Gasteiger partial charge in [0, 0.05) is 11.8 Å². The minimum Gasteiger partial charge on any atom is -0.497 e. The maximum Gasteiger partial charge on any atom is 0.227 e. The van der Waals surface area contributed by atoms with E-state index in [-0.39, 0.29) is 0 Å². The molecule has 0 aliphatic heterocycles. The van der Waals surface area contributed by atoms with Crippen LogP contribution in [0.15, 0.2) is 82.2 Å². The van der Waals surface area contributed by atoms with Crippen LogP contribution in [0.1, 0.15) is 5.56 Å². The summed E-state index contributed by atoms with van der Waals surface area (Å²) in [6.07, 6.45) is 1.83. The number of rotatable bonds is 4. The first-order chi connectivity index (χ1) is 12.3. The monoisotopic (exact) mass is 328 g/mol. The molecule has 0 atom stereocenters. The van der Waals surface area contributed by atoms with Crippen molar-refractivity contribution in [1.82, 2.24) is 4.98 Å². The minimum atomic E-state index is 0.617. The summed E-state index contributed by atoms with van der Waals surface area (Å²) in [7, 11) is 1.65. The molecule has 4 nitrogen and oxygen atoms in total. The SMILES string of the molecule is COc1ccc(C=Nc2ccc(-c3nc4ccccc4o3)cc2)cc1. The summed E-state index contributed by atoms with van der Waals surface area (Å²) in [5.41, 5.74) is 4.47. The van der Waals surface area contributed by atoms with E-state index >= 15 is 0 Å². The molecule has 1 aromatic heterocycles. The van der Waals surface area contributed by atoms with Gasteiger partial charge in [-0.1, -0.05) is 12.1 Å². The topological polar surface area (TPSA) is 47.6 Å². The molecule has 4 heteroatoms. The van der Waals surface area contributed by atoms with E-state index in [1.807, 2.05) is 79.0 Å². The summed E-state index contributed by atoms with van der Waals surface area (Å²) in [5, 5.41) is 0. The number of ether oxygens (including phenoxy) is 1. The number of oxazole rings is 1. The largest absolute Gasteiger partial charge is 0.497 e. The van der Waals surface area contributed by atoms with Crippen LogP contribution in [-0.2, 0) is 0 Å². The van der Waals surface area contributed by atoms with Gasteiger partial charge in [0.1, 0.15) is 11.3 Å². The Morgan fingerprint density at radius 1 is 0.920 bits per heavy atom. The number of aromatic nitrogens is 1. The van der Waals surface area contributed by atoms with Crippen molar-refractivity contribution >= 4 is 23.0 Å². The lowest BCUT2D eigenvalue weighted by atomic mass is 10.2. The molecule has 0 saturated heterocycles. The maximum atomic E-state index is 5.78. The molecule has 0 fully saturated rings. The number of methoxy groups -OCH3 is 1. The molecule has 4 aromatic rings. The van der Waals surface area contributed by atoms with Crippen LogP contribution in [0.4, 0.5) is 5.69 Å². The molecule has 4 rings (SSSR count). The van der Waals surface area contributed by atoms with Gasteiger partial charge in [-0.15, -0.1) is 0 Å². The number of benzene rings is 3. The van der Waals surface area contributed by atoms with Crippen LogP contribution in [0.2, 0.25) is 0 Å². The Morgan fingerprint density at radius 2 is 1.68 bits per heavy atom. The Bertz CT molecular complexity index is 983. The average molecular weight is 328 g/mol. The van der Waals surface area contributed by atoms with Gasteiger partial charge in [0.05, 0.1) is 12.8 Å². The van der Waals surface area contributed by atoms with Gasteiger partial charge in [0.15, 0.2) is 5.58 Å². The minimum absolute atomic E-state index is 0.617. The Kier molecular flexibility index (Phi) is 4.01. The van der Waals surface area contributed by atoms with Gasteiger partial charge in [0.25, 0.3) is 0 Å². The molecule has 0 aliphatic carbocycles. The Hall–Kier alpha value is -3.40. The third kappa shape index (κ3) is 3.28. The van der Waals surface area contributed by atoms with E-state index in [9.17, 15) is 0 Å². The van der Waals surface area contributed by atoms with Crippen molar-refractivity contribution < 1.29 is 9.15 Å². The van der Waals surface area contributed by atoms with Crippen LogP contribution in [0.5, 0.6) is 5.75 Å². The summed E-state index contributed by atoms with van der Waals surface area (Å²) in [5.74, 6) is 1.45. The van der Waals surface area contributed by atoms with Gasteiger partial charge < -0.3 is 9.15 Å². The molecule has 1 heterocycles. The van der Waals surface area contributed by atoms with Crippen molar-refractivity contribution in [2.24, 2.45) is 4.99 Å². The molecule has 0 bridgehead atoms. The number of para-hydroxylation sites is 2. The first-order valence-electron chi connectivity index (χ1n) is 7.96. The first kappa shape index (κ1) is 15.1. The van der Waals surface area contributed by atoms with Gasteiger partial charge in [-0.25, -0.2) is 4.98 Å². The zero-order valence-corrected chi connectivity index (χ0v) is 13.7. The van der Waals surface area contributed by atoms with E-state index in [4.69, 9.17) is 9.15 Å². The summed E-state index contributed by atoms with van der Waals surface area (Å²) < 4.78 is 10.9. The summed E-state index contributed by atoms with van der Waals surface area (Å²) in [6, 6.07) is 23.3. The van der Waals surface area contributed by atoms with Gasteiger partial charge in [0.2, 0.25) is 5.89 Å². The summed E-state index contributed by atoms with van der Waals surface area (Å²) in [4.78, 5) is 9.00. The molecule has 0 aliphatic rings. The number of fused-ring (bicyclic) bond motifs is 1. The van der Waals surface area contributed by atoms with E-state index in [0.29, 0.717) is 5.89 Å². The van der Waals surface area contributed by atoms with Gasteiger partial charge in [-0.2, -0.15) is 0 Å². The van der Waals surface area contributed by atoms with E-state index in [1.165, 1.54) is 0 Å². The molecule has 3 aromatic carbocycles. The predicted octanol–water partition coefficient (Wildman–Crippen LogP) is 5.25. The average Bonchev–Trinajstić information content (AvgIpc) is 3.11. The zero-order valence-electron chi connectivity index (χ0n) is 13.7. The van der Waals surface area contributed by atoms with E-state index < -0.39 is 0 Å². The quantitative estimate of drug-likeness (QED) is 0.480. The number of aliphatic imine (C=N–C) groups is 1. The van der Waals surface area contributed by atoms with Crippen molar-refractivity contribution in [3.05, 3.63) is 78.4 Å². The van der Waals surface area contributed by atoms with E-state index in [1.54, 1.807) is 7.11 Å². The third-order valence-corrected chi connectivity index (χ3v) is 3.89. The van der Waals surface area contributed by atoms with Gasteiger partial charge in [-0.3, -0.25) is 4.99 Å². The second kappa shape index (κ2) is 6.61. The third-order valence-electron chi connectivity index (χ3n) is 3.89. The molecule has 0 spiro atoms. The van der Waals surface area contributed by atoms with Gasteiger partial charge in [-0.05, 0) is 66.2 Å². The van der Waals surface area contributed by atoms with Crippen molar-refractivity contribution in [3.63, 3.8) is 0 Å². The second-order valence-corrected chi connectivity index (χ2v) is 5.56. The van der Waals surface area contributed by atoms with Crippen molar-refractivity contribution in [2.45, 2.75) is 0 Å². The highest BCUT2D eigenvalue weighted by atomic mass is 16.5. The first-order valence-corrected chi connectivity index (χ1v) is 7.96. The standard InChI is InChI=1S/C21H16N2O2/c1-24-18-12-6-15(7-13-18)14-22-17-10-8-16(9-11-17)21-23-19-4-2-3-5-20(19)25-21/h2-14H,1H3. The van der Waals surface area contributed by atoms with Crippen LogP contribution >= 0.6 is 0 Å². The highest BCUT2D eigenvalue weighted by Crippen LogP contribution is 2.25. The van der Waals surface area contributed by atoms with Crippen molar-refractivity contribution in [3.8, 4) is 17.2 Å². The van der Waals surface area contributed by atoms with Crippen LogP contribution in [-0.4, -0.2) is 18.3 Å². The molecule has 0 N–H and O–H groups in total. The molecule has 122 valence electrons. The Morgan fingerprint density at radius 3 is 2.40 bits per heavy atom. The Labute approximate surface area is 145 Å². The molecule has 0 unspecified atom stereocenters. The van der Waals surface area contributed by atoms with Crippen molar-refractivity contribution in [1.29, 1.82) is 0 Å². The number of hydrogen-bond acceptors (Lipinski definition) is 4. The molecule has 25 heavy (non-hydrogen) atoms. The molecule has 0 amide bonds. The van der Waals surface area contributed by atoms with Crippen LogP contribution in [0, 0.1) is 0 Å². The van der Waals surface area contributed by atoms with E-state index in [2.05, 4.69) is 9.98 Å². The molecule has 0 radical (unpaired) electrons. The second-order valence-electron chi connectivity index (χ2n) is 5.56. The van der Waals surface area contributed by atoms with Crippen LogP contribution in [0.3, 0.4) is 0 Å². The maximum absolute atomic E-state index is 5.78. The molecule has 0 saturated carbocycles. The predicted molar refractivity (Wildman–Crippen MR) is 99.7 cm³/mol. The molecular formula is C21H16N2O2. The Balaban J connectivity index is 1.53. The fourth-order valence-corrected chi connectivity index (χ4v) is 2.52.